The molecule has 2 aliphatic rings. The zero-order valence-corrected chi connectivity index (χ0v) is 12.4. The van der Waals surface area contributed by atoms with E-state index in [0.29, 0.717) is 18.2 Å². The minimum atomic E-state index is -0.236. The van der Waals surface area contributed by atoms with Crippen molar-refractivity contribution in [2.24, 2.45) is 11.7 Å². The molecular formula is C17H24FN3. The second-order valence-corrected chi connectivity index (χ2v) is 6.44. The number of likely N-dealkylation sites (tertiary alicyclic amines) is 1. The Balaban J connectivity index is 1.74. The van der Waals surface area contributed by atoms with Crippen LogP contribution in [0.15, 0.2) is 18.2 Å². The highest BCUT2D eigenvalue weighted by molar-refractivity contribution is 5.94. The third-order valence-electron chi connectivity index (χ3n) is 5.10. The van der Waals surface area contributed by atoms with Crippen molar-refractivity contribution in [3.63, 3.8) is 0 Å². The van der Waals surface area contributed by atoms with Gasteiger partial charge in [0.1, 0.15) is 11.7 Å². The summed E-state index contributed by atoms with van der Waals surface area (Å²) in [6.45, 7) is 1.76. The molecule has 0 spiro atoms. The highest BCUT2D eigenvalue weighted by Crippen LogP contribution is 2.36. The Morgan fingerprint density at radius 1 is 1.24 bits per heavy atom. The lowest BCUT2D eigenvalue weighted by Gasteiger charge is -2.44. The molecule has 114 valence electrons. The van der Waals surface area contributed by atoms with Crippen molar-refractivity contribution in [1.29, 1.82) is 5.41 Å². The fraction of sp³-hybridized carbons (Fsp3) is 0.588. The Morgan fingerprint density at radius 3 is 2.76 bits per heavy atom. The smallest absolute Gasteiger partial charge is 0.128 e. The molecule has 3 rings (SSSR count). The molecule has 2 fully saturated rings. The summed E-state index contributed by atoms with van der Waals surface area (Å²) in [7, 11) is 0. The van der Waals surface area contributed by atoms with Crippen LogP contribution in [0.25, 0.3) is 0 Å². The van der Waals surface area contributed by atoms with E-state index >= 15 is 0 Å². The highest BCUT2D eigenvalue weighted by atomic mass is 19.1. The number of fused-ring (bicyclic) bond motifs is 1. The fourth-order valence-electron chi connectivity index (χ4n) is 3.99. The largest absolute Gasteiger partial charge is 0.384 e. The first-order valence-corrected chi connectivity index (χ1v) is 8.02. The zero-order chi connectivity index (χ0) is 14.8. The van der Waals surface area contributed by atoms with Crippen LogP contribution in [-0.2, 0) is 6.54 Å². The second kappa shape index (κ2) is 6.14. The molecule has 0 amide bonds. The molecule has 3 N–H and O–H groups in total. The predicted octanol–water partition coefficient (Wildman–Crippen LogP) is 3.26. The molecule has 1 saturated carbocycles. The first-order valence-electron chi connectivity index (χ1n) is 8.02. The van der Waals surface area contributed by atoms with Gasteiger partial charge in [-0.3, -0.25) is 10.3 Å². The lowest BCUT2D eigenvalue weighted by atomic mass is 9.78. The average molecular weight is 289 g/mol. The Kier molecular flexibility index (Phi) is 4.24. The van der Waals surface area contributed by atoms with Crippen molar-refractivity contribution >= 4 is 5.84 Å². The van der Waals surface area contributed by atoms with Crippen molar-refractivity contribution in [3.05, 3.63) is 35.1 Å². The molecule has 0 bridgehead atoms. The molecular weight excluding hydrogens is 265 g/mol. The maximum atomic E-state index is 14.2. The van der Waals surface area contributed by atoms with Crippen LogP contribution in [0.3, 0.4) is 0 Å². The molecule has 3 nitrogen and oxygen atoms in total. The Labute approximate surface area is 125 Å². The summed E-state index contributed by atoms with van der Waals surface area (Å²) in [5, 5.41) is 7.38. The molecule has 1 heterocycles. The summed E-state index contributed by atoms with van der Waals surface area (Å²) in [6, 6.07) is 5.57. The summed E-state index contributed by atoms with van der Waals surface area (Å²) in [4.78, 5) is 2.47. The number of piperidine rings is 1. The number of rotatable bonds is 3. The maximum Gasteiger partial charge on any atom is 0.128 e. The predicted molar refractivity (Wildman–Crippen MR) is 82.8 cm³/mol. The van der Waals surface area contributed by atoms with Gasteiger partial charge in [-0.1, -0.05) is 25.0 Å². The van der Waals surface area contributed by atoms with Gasteiger partial charge in [-0.2, -0.15) is 0 Å². The number of nitrogens with one attached hydrogen (secondary N) is 1. The molecule has 1 aromatic rings. The van der Waals surface area contributed by atoms with Crippen molar-refractivity contribution in [3.8, 4) is 0 Å². The third-order valence-corrected chi connectivity index (χ3v) is 5.10. The monoisotopic (exact) mass is 289 g/mol. The second-order valence-electron chi connectivity index (χ2n) is 6.44. The summed E-state index contributed by atoms with van der Waals surface area (Å²) >= 11 is 0. The summed E-state index contributed by atoms with van der Waals surface area (Å²) in [6.07, 6.45) is 7.84. The highest BCUT2D eigenvalue weighted by Gasteiger charge is 2.33. The van der Waals surface area contributed by atoms with E-state index in [1.165, 1.54) is 44.6 Å². The van der Waals surface area contributed by atoms with Crippen molar-refractivity contribution in [2.75, 3.05) is 6.54 Å². The molecule has 4 heteroatoms. The van der Waals surface area contributed by atoms with Crippen molar-refractivity contribution < 1.29 is 4.39 Å². The van der Waals surface area contributed by atoms with Crippen molar-refractivity contribution in [2.45, 2.75) is 51.1 Å². The molecule has 2 unspecified atom stereocenters. The summed E-state index contributed by atoms with van der Waals surface area (Å²) < 4.78 is 14.2. The topological polar surface area (TPSA) is 53.1 Å². The Bertz CT molecular complexity index is 527. The fourth-order valence-corrected chi connectivity index (χ4v) is 3.99. The van der Waals surface area contributed by atoms with Gasteiger partial charge in [-0.05, 0) is 44.2 Å². The van der Waals surface area contributed by atoms with Crippen LogP contribution in [0, 0.1) is 17.1 Å². The van der Waals surface area contributed by atoms with Crippen LogP contribution in [0.5, 0.6) is 0 Å². The molecule has 0 radical (unpaired) electrons. The molecule has 1 saturated heterocycles. The van der Waals surface area contributed by atoms with Gasteiger partial charge in [-0.25, -0.2) is 4.39 Å². The third kappa shape index (κ3) is 3.10. The van der Waals surface area contributed by atoms with E-state index in [-0.39, 0.29) is 11.7 Å². The van der Waals surface area contributed by atoms with Crippen LogP contribution < -0.4 is 5.73 Å². The number of halogens is 1. The Hall–Kier alpha value is -1.42. The van der Waals surface area contributed by atoms with Gasteiger partial charge in [0.05, 0.1) is 0 Å². The first-order chi connectivity index (χ1) is 10.1. The average Bonchev–Trinajstić information content (AvgIpc) is 2.49. The molecule has 21 heavy (non-hydrogen) atoms. The van der Waals surface area contributed by atoms with E-state index in [1.807, 2.05) is 0 Å². The van der Waals surface area contributed by atoms with Crippen LogP contribution in [0.2, 0.25) is 0 Å². The normalized spacial score (nSPS) is 26.3. The minimum absolute atomic E-state index is 0.0780. The van der Waals surface area contributed by atoms with E-state index in [1.54, 1.807) is 12.1 Å². The van der Waals surface area contributed by atoms with Gasteiger partial charge in [-0.15, -0.1) is 0 Å². The van der Waals surface area contributed by atoms with Gasteiger partial charge in [0, 0.05) is 23.7 Å². The number of nitrogens with zero attached hydrogens (tertiary/aromatic N) is 1. The van der Waals surface area contributed by atoms with Crippen LogP contribution in [-0.4, -0.2) is 23.3 Å². The lowest BCUT2D eigenvalue weighted by molar-refractivity contribution is 0.0539. The number of hydrogen-bond donors (Lipinski definition) is 2. The lowest BCUT2D eigenvalue weighted by Crippen LogP contribution is -2.46. The molecule has 1 aromatic carbocycles. The van der Waals surface area contributed by atoms with Gasteiger partial charge < -0.3 is 5.73 Å². The van der Waals surface area contributed by atoms with Gasteiger partial charge in [0.25, 0.3) is 0 Å². The summed E-state index contributed by atoms with van der Waals surface area (Å²) in [5.41, 5.74) is 6.60. The van der Waals surface area contributed by atoms with Gasteiger partial charge in [0.2, 0.25) is 0 Å². The first kappa shape index (κ1) is 14.5. The quantitative estimate of drug-likeness (QED) is 0.663. The Morgan fingerprint density at radius 2 is 2.00 bits per heavy atom. The minimum Gasteiger partial charge on any atom is -0.384 e. The van der Waals surface area contributed by atoms with E-state index in [0.717, 1.165) is 18.0 Å². The van der Waals surface area contributed by atoms with E-state index in [4.69, 9.17) is 11.1 Å². The zero-order valence-electron chi connectivity index (χ0n) is 12.4. The van der Waals surface area contributed by atoms with Crippen LogP contribution in [0.1, 0.15) is 49.7 Å². The molecule has 2 atom stereocenters. The molecule has 1 aliphatic carbocycles. The standard InChI is InChI=1S/C17H24FN3/c18-15-10-13(17(19)20)7-8-14(15)11-21-9-3-5-12-4-1-2-6-16(12)21/h7-8,10,12,16H,1-6,9,11H2,(H3,19,20). The molecule has 1 aliphatic heterocycles. The van der Waals surface area contributed by atoms with Gasteiger partial charge in [0.15, 0.2) is 0 Å². The number of hydrogen-bond acceptors (Lipinski definition) is 2. The van der Waals surface area contributed by atoms with Gasteiger partial charge >= 0.3 is 0 Å². The SMILES string of the molecule is N=C(N)c1ccc(CN2CCCC3CCCCC32)c(F)c1. The van der Waals surface area contributed by atoms with Crippen molar-refractivity contribution in [1.82, 2.24) is 4.90 Å². The number of nitrogen functional groups attached to an aromatic ring is 1. The number of amidine groups is 1. The van der Waals surface area contributed by atoms with Crippen LogP contribution >= 0.6 is 0 Å². The number of benzene rings is 1. The summed E-state index contributed by atoms with van der Waals surface area (Å²) in [5.74, 6) is 0.499. The van der Waals surface area contributed by atoms with E-state index < -0.39 is 0 Å². The maximum absolute atomic E-state index is 14.2. The van der Waals surface area contributed by atoms with Crippen LogP contribution in [0.4, 0.5) is 4.39 Å². The number of nitrogens with two attached hydrogens (primary N) is 1. The molecule has 0 aromatic heterocycles. The van der Waals surface area contributed by atoms with E-state index in [9.17, 15) is 4.39 Å². The van der Waals surface area contributed by atoms with E-state index in [2.05, 4.69) is 4.90 Å².